The Balaban J connectivity index is 1.91. The molecule has 0 unspecified atom stereocenters. The van der Waals surface area contributed by atoms with Crippen LogP contribution in [0.15, 0.2) is 54.6 Å². The number of rotatable bonds is 3. The number of nitrogens with one attached hydrogen (secondary N) is 1. The lowest BCUT2D eigenvalue weighted by Crippen LogP contribution is -2.36. The van der Waals surface area contributed by atoms with E-state index < -0.39 is 7.12 Å². The van der Waals surface area contributed by atoms with E-state index in [-0.39, 0.29) is 0 Å². The fraction of sp³-hybridized carbons (Fsp3) is 0.0667. The van der Waals surface area contributed by atoms with Crippen LogP contribution < -0.4 is 10.1 Å². The first-order chi connectivity index (χ1) is 9.25. The first-order valence-corrected chi connectivity index (χ1v) is 6.22. The van der Waals surface area contributed by atoms with Gasteiger partial charge in [-0.15, -0.1) is 0 Å². The number of fused-ring (bicyclic) bond motifs is 1. The molecule has 0 saturated carbocycles. The third-order valence-electron chi connectivity index (χ3n) is 3.23. The molecule has 0 atom stereocenters. The summed E-state index contributed by atoms with van der Waals surface area (Å²) in [6, 6.07) is 17.3. The van der Waals surface area contributed by atoms with E-state index in [0.29, 0.717) is 5.88 Å². The zero-order chi connectivity index (χ0) is 13.2. The Kier molecular flexibility index (Phi) is 3.01. The van der Waals surface area contributed by atoms with Crippen molar-refractivity contribution in [3.63, 3.8) is 0 Å². The van der Waals surface area contributed by atoms with Crippen LogP contribution in [0.5, 0.6) is 5.88 Å². The molecule has 1 heterocycles. The van der Waals surface area contributed by atoms with Crippen LogP contribution in [0.3, 0.4) is 0 Å². The molecular weight excluding hydrogens is 237 g/mol. The average Bonchev–Trinajstić information content (AvgIpc) is 2.77. The first-order valence-electron chi connectivity index (χ1n) is 6.22. The van der Waals surface area contributed by atoms with E-state index in [1.165, 1.54) is 0 Å². The van der Waals surface area contributed by atoms with E-state index in [1.54, 1.807) is 0 Å². The zero-order valence-corrected chi connectivity index (χ0v) is 10.6. The van der Waals surface area contributed by atoms with Gasteiger partial charge >= 0.3 is 7.12 Å². The van der Waals surface area contributed by atoms with E-state index >= 15 is 0 Å². The number of hydrogen-bond acceptors (Lipinski definition) is 2. The topological polar surface area (TPSA) is 45.2 Å². The van der Waals surface area contributed by atoms with Crippen LogP contribution in [0.4, 0.5) is 0 Å². The quantitative estimate of drug-likeness (QED) is 0.701. The second kappa shape index (κ2) is 4.82. The first kappa shape index (κ1) is 11.9. The maximum absolute atomic E-state index is 10.1. The predicted octanol–water partition coefficient (Wildman–Crippen LogP) is 2.24. The lowest BCUT2D eigenvalue weighted by atomic mass is 9.80. The average molecular weight is 251 g/mol. The van der Waals surface area contributed by atoms with Crippen LogP contribution in [0.25, 0.3) is 10.9 Å². The molecule has 3 aromatic rings. The standard InChI is InChI=1S/C15H14BNO2/c1-11-13-9-5-6-10-14(13)17-15(11)19-16(18)12-7-3-2-4-8-12/h2-10,17-18H,1H3. The summed E-state index contributed by atoms with van der Waals surface area (Å²) in [4.78, 5) is 3.18. The van der Waals surface area contributed by atoms with Gasteiger partial charge in [0.25, 0.3) is 0 Å². The fourth-order valence-corrected chi connectivity index (χ4v) is 2.17. The lowest BCUT2D eigenvalue weighted by molar-refractivity contribution is 0.423. The number of hydrogen-bond donors (Lipinski definition) is 2. The van der Waals surface area contributed by atoms with Crippen molar-refractivity contribution < 1.29 is 9.68 Å². The molecule has 0 amide bonds. The minimum absolute atomic E-state index is 0.609. The molecule has 0 fully saturated rings. The Bertz CT molecular complexity index is 694. The summed E-state index contributed by atoms with van der Waals surface area (Å²) in [5.74, 6) is 0.609. The second-order valence-electron chi connectivity index (χ2n) is 4.51. The molecule has 3 nitrogen and oxygen atoms in total. The van der Waals surface area contributed by atoms with Crippen molar-refractivity contribution in [3.05, 3.63) is 60.2 Å². The molecule has 0 bridgehead atoms. The van der Waals surface area contributed by atoms with E-state index in [9.17, 15) is 5.02 Å². The fourth-order valence-electron chi connectivity index (χ4n) is 2.17. The molecule has 3 rings (SSSR count). The van der Waals surface area contributed by atoms with E-state index in [4.69, 9.17) is 4.65 Å². The molecule has 0 aliphatic heterocycles. The lowest BCUT2D eigenvalue weighted by Gasteiger charge is -2.09. The van der Waals surface area contributed by atoms with Gasteiger partial charge in [0.15, 0.2) is 5.88 Å². The maximum Gasteiger partial charge on any atom is 0.561 e. The maximum atomic E-state index is 10.1. The van der Waals surface area contributed by atoms with Gasteiger partial charge in [0.1, 0.15) is 0 Å². The summed E-state index contributed by atoms with van der Waals surface area (Å²) in [5.41, 5.74) is 2.75. The number of para-hydroxylation sites is 1. The Hall–Kier alpha value is -2.20. The Morgan fingerprint density at radius 1 is 1.00 bits per heavy atom. The van der Waals surface area contributed by atoms with Crippen molar-refractivity contribution in [1.82, 2.24) is 4.98 Å². The van der Waals surface area contributed by atoms with Crippen LogP contribution in [-0.2, 0) is 0 Å². The predicted molar refractivity (Wildman–Crippen MR) is 77.7 cm³/mol. The molecule has 0 radical (unpaired) electrons. The molecule has 0 aliphatic carbocycles. The molecule has 2 N–H and O–H groups in total. The highest BCUT2D eigenvalue weighted by molar-refractivity contribution is 6.60. The van der Waals surface area contributed by atoms with Gasteiger partial charge in [-0.05, 0) is 18.5 Å². The van der Waals surface area contributed by atoms with Gasteiger partial charge in [0.05, 0.1) is 0 Å². The Morgan fingerprint density at radius 3 is 2.42 bits per heavy atom. The van der Waals surface area contributed by atoms with Crippen molar-refractivity contribution in [2.24, 2.45) is 0 Å². The van der Waals surface area contributed by atoms with E-state index in [1.807, 2.05) is 61.5 Å². The van der Waals surface area contributed by atoms with Gasteiger partial charge in [-0.3, -0.25) is 0 Å². The Morgan fingerprint density at radius 2 is 1.68 bits per heavy atom. The normalized spacial score (nSPS) is 10.6. The second-order valence-corrected chi connectivity index (χ2v) is 4.51. The van der Waals surface area contributed by atoms with Crippen LogP contribution in [0, 0.1) is 6.92 Å². The largest absolute Gasteiger partial charge is 0.561 e. The summed E-state index contributed by atoms with van der Waals surface area (Å²) in [5, 5.41) is 11.2. The van der Waals surface area contributed by atoms with Gasteiger partial charge < -0.3 is 14.7 Å². The molecule has 0 aliphatic rings. The van der Waals surface area contributed by atoms with Gasteiger partial charge in [-0.2, -0.15) is 0 Å². The van der Waals surface area contributed by atoms with Gasteiger partial charge in [0.2, 0.25) is 0 Å². The third kappa shape index (κ3) is 2.22. The van der Waals surface area contributed by atoms with Crippen molar-refractivity contribution in [2.45, 2.75) is 6.92 Å². The number of aromatic nitrogens is 1. The minimum atomic E-state index is -0.965. The summed E-state index contributed by atoms with van der Waals surface area (Å²) < 4.78 is 5.62. The van der Waals surface area contributed by atoms with Crippen LogP contribution in [-0.4, -0.2) is 17.1 Å². The van der Waals surface area contributed by atoms with Crippen LogP contribution >= 0.6 is 0 Å². The molecule has 1 aromatic heterocycles. The highest BCUT2D eigenvalue weighted by Crippen LogP contribution is 2.26. The molecule has 19 heavy (non-hydrogen) atoms. The van der Waals surface area contributed by atoms with Gasteiger partial charge in [0, 0.05) is 16.5 Å². The highest BCUT2D eigenvalue weighted by atomic mass is 16.5. The zero-order valence-electron chi connectivity index (χ0n) is 10.6. The van der Waals surface area contributed by atoms with Crippen LogP contribution in [0.1, 0.15) is 5.56 Å². The number of benzene rings is 2. The van der Waals surface area contributed by atoms with E-state index in [0.717, 1.165) is 21.9 Å². The summed E-state index contributed by atoms with van der Waals surface area (Å²) in [6.07, 6.45) is 0. The summed E-state index contributed by atoms with van der Waals surface area (Å²) in [7, 11) is -0.965. The molecule has 0 spiro atoms. The van der Waals surface area contributed by atoms with Crippen LogP contribution in [0.2, 0.25) is 0 Å². The van der Waals surface area contributed by atoms with Crippen molar-refractivity contribution in [2.75, 3.05) is 0 Å². The summed E-state index contributed by atoms with van der Waals surface area (Å²) >= 11 is 0. The smallest absolute Gasteiger partial charge is 0.519 e. The number of aryl methyl sites for hydroxylation is 1. The van der Waals surface area contributed by atoms with Crippen molar-refractivity contribution >= 4 is 23.5 Å². The highest BCUT2D eigenvalue weighted by Gasteiger charge is 2.20. The SMILES string of the molecule is Cc1c(OB(O)c2ccccc2)[nH]c2ccccc12. The minimum Gasteiger partial charge on any atom is -0.519 e. The monoisotopic (exact) mass is 251 g/mol. The van der Waals surface area contributed by atoms with Gasteiger partial charge in [-0.1, -0.05) is 48.5 Å². The summed E-state index contributed by atoms with van der Waals surface area (Å²) in [6.45, 7) is 1.98. The molecule has 0 saturated heterocycles. The Labute approximate surface area is 112 Å². The molecular formula is C15H14BNO2. The van der Waals surface area contributed by atoms with E-state index in [2.05, 4.69) is 4.98 Å². The van der Waals surface area contributed by atoms with Crippen molar-refractivity contribution in [3.8, 4) is 5.88 Å². The number of aromatic amines is 1. The molecule has 4 heteroatoms. The number of H-pyrrole nitrogens is 1. The molecule has 2 aromatic carbocycles. The third-order valence-corrected chi connectivity index (χ3v) is 3.23. The van der Waals surface area contributed by atoms with Gasteiger partial charge in [-0.25, -0.2) is 0 Å². The molecule has 94 valence electrons. The van der Waals surface area contributed by atoms with Crippen molar-refractivity contribution in [1.29, 1.82) is 0 Å².